The normalized spacial score (nSPS) is 10.1. The molecule has 5 heteroatoms. The van der Waals surface area contributed by atoms with Crippen molar-refractivity contribution in [2.75, 3.05) is 11.9 Å². The van der Waals surface area contributed by atoms with Crippen LogP contribution in [-0.4, -0.2) is 23.0 Å². The summed E-state index contributed by atoms with van der Waals surface area (Å²) in [5.74, 6) is -0.318. The zero-order chi connectivity index (χ0) is 13.1. The summed E-state index contributed by atoms with van der Waals surface area (Å²) in [7, 11) is 1.65. The van der Waals surface area contributed by atoms with Gasteiger partial charge in [0, 0.05) is 29.6 Å². The third-order valence-corrected chi connectivity index (χ3v) is 3.04. The number of amides is 1. The van der Waals surface area contributed by atoms with E-state index in [0.29, 0.717) is 0 Å². The highest BCUT2D eigenvalue weighted by atomic mass is 79.9. The Balaban J connectivity index is 2.32. The van der Waals surface area contributed by atoms with Gasteiger partial charge in [-0.2, -0.15) is 0 Å². The summed E-state index contributed by atoms with van der Waals surface area (Å²) >= 11 is 3.23. The highest BCUT2D eigenvalue weighted by Crippen LogP contribution is 2.24. The van der Waals surface area contributed by atoms with E-state index >= 15 is 0 Å². The minimum Gasteiger partial charge on any atom is -0.507 e. The molecule has 2 aromatic rings. The molecule has 0 saturated heterocycles. The largest absolute Gasteiger partial charge is 0.507 e. The lowest BCUT2D eigenvalue weighted by Crippen LogP contribution is -2.26. The molecule has 0 aliphatic rings. The molecule has 1 N–H and O–H groups in total. The van der Waals surface area contributed by atoms with Crippen LogP contribution < -0.4 is 4.90 Å². The molecule has 0 atom stereocenters. The van der Waals surface area contributed by atoms with Crippen LogP contribution in [0.15, 0.2) is 47.2 Å². The SMILES string of the molecule is CN(C(=O)c1ccc(Br)cc1O)c1ccncc1. The van der Waals surface area contributed by atoms with Gasteiger partial charge in [-0.05, 0) is 30.3 Å². The highest BCUT2D eigenvalue weighted by Gasteiger charge is 2.16. The smallest absolute Gasteiger partial charge is 0.261 e. The van der Waals surface area contributed by atoms with Crippen molar-refractivity contribution in [3.63, 3.8) is 0 Å². The molecular weight excluding hydrogens is 296 g/mol. The Hall–Kier alpha value is -1.88. The number of carbonyl (C=O) groups is 1. The van der Waals surface area contributed by atoms with Crippen LogP contribution in [0.3, 0.4) is 0 Å². The molecular formula is C13H11BrN2O2. The third kappa shape index (κ3) is 2.51. The molecule has 1 aromatic carbocycles. The topological polar surface area (TPSA) is 53.4 Å². The lowest BCUT2D eigenvalue weighted by Gasteiger charge is -2.17. The fraction of sp³-hybridized carbons (Fsp3) is 0.0769. The number of rotatable bonds is 2. The number of benzene rings is 1. The lowest BCUT2D eigenvalue weighted by atomic mass is 10.1. The molecule has 4 nitrogen and oxygen atoms in total. The number of anilines is 1. The van der Waals surface area contributed by atoms with Crippen molar-refractivity contribution < 1.29 is 9.90 Å². The van der Waals surface area contributed by atoms with Crippen molar-refractivity contribution in [2.45, 2.75) is 0 Å². The van der Waals surface area contributed by atoms with E-state index in [2.05, 4.69) is 20.9 Å². The third-order valence-electron chi connectivity index (χ3n) is 2.54. The number of hydrogen-bond donors (Lipinski definition) is 1. The first-order chi connectivity index (χ1) is 8.59. The first-order valence-corrected chi connectivity index (χ1v) is 6.05. The zero-order valence-electron chi connectivity index (χ0n) is 9.67. The fourth-order valence-electron chi connectivity index (χ4n) is 1.55. The van der Waals surface area contributed by atoms with Gasteiger partial charge in [0.05, 0.1) is 5.56 Å². The standard InChI is InChI=1S/C13H11BrN2O2/c1-16(10-4-6-15-7-5-10)13(18)11-3-2-9(14)8-12(11)17/h2-8,17H,1H3. The van der Waals surface area contributed by atoms with Gasteiger partial charge in [-0.15, -0.1) is 0 Å². The number of aromatic nitrogens is 1. The van der Waals surface area contributed by atoms with Crippen molar-refractivity contribution in [1.82, 2.24) is 4.98 Å². The number of aromatic hydroxyl groups is 1. The van der Waals surface area contributed by atoms with Crippen LogP contribution in [-0.2, 0) is 0 Å². The van der Waals surface area contributed by atoms with Crippen molar-refractivity contribution in [1.29, 1.82) is 0 Å². The number of pyridine rings is 1. The molecule has 0 spiro atoms. The first-order valence-electron chi connectivity index (χ1n) is 5.26. The molecule has 92 valence electrons. The van der Waals surface area contributed by atoms with E-state index in [9.17, 15) is 9.90 Å². The molecule has 1 aromatic heterocycles. The van der Waals surface area contributed by atoms with Crippen LogP contribution in [0.2, 0.25) is 0 Å². The molecule has 0 aliphatic heterocycles. The molecule has 1 amide bonds. The van der Waals surface area contributed by atoms with Crippen LogP contribution in [0, 0.1) is 0 Å². The van der Waals surface area contributed by atoms with Gasteiger partial charge in [0.2, 0.25) is 0 Å². The maximum Gasteiger partial charge on any atom is 0.261 e. The van der Waals surface area contributed by atoms with E-state index < -0.39 is 0 Å². The van der Waals surface area contributed by atoms with Gasteiger partial charge >= 0.3 is 0 Å². The van der Waals surface area contributed by atoms with E-state index in [1.54, 1.807) is 43.7 Å². The van der Waals surface area contributed by atoms with Crippen LogP contribution in [0.4, 0.5) is 5.69 Å². The average molecular weight is 307 g/mol. The molecule has 0 unspecified atom stereocenters. The molecule has 0 aliphatic carbocycles. The van der Waals surface area contributed by atoms with Crippen molar-refractivity contribution in [3.05, 3.63) is 52.8 Å². The summed E-state index contributed by atoms with van der Waals surface area (Å²) < 4.78 is 0.725. The van der Waals surface area contributed by atoms with Crippen LogP contribution >= 0.6 is 15.9 Å². The van der Waals surface area contributed by atoms with E-state index in [1.807, 2.05) is 0 Å². The first kappa shape index (κ1) is 12.6. The van der Waals surface area contributed by atoms with Crippen LogP contribution in [0.5, 0.6) is 5.75 Å². The van der Waals surface area contributed by atoms with Crippen molar-refractivity contribution >= 4 is 27.5 Å². The van der Waals surface area contributed by atoms with E-state index in [1.165, 1.54) is 11.0 Å². The summed E-state index contributed by atoms with van der Waals surface area (Å²) in [5.41, 5.74) is 0.981. The van der Waals surface area contributed by atoms with Gasteiger partial charge in [-0.1, -0.05) is 15.9 Å². The summed E-state index contributed by atoms with van der Waals surface area (Å²) in [6.45, 7) is 0. The minimum absolute atomic E-state index is 0.0460. The zero-order valence-corrected chi connectivity index (χ0v) is 11.3. The van der Waals surface area contributed by atoms with Gasteiger partial charge in [-0.25, -0.2) is 0 Å². The molecule has 0 saturated carbocycles. The van der Waals surface area contributed by atoms with E-state index in [4.69, 9.17) is 0 Å². The summed E-state index contributed by atoms with van der Waals surface area (Å²) in [5, 5.41) is 9.77. The molecule has 18 heavy (non-hydrogen) atoms. The van der Waals surface area contributed by atoms with Crippen LogP contribution in [0.25, 0.3) is 0 Å². The van der Waals surface area contributed by atoms with Crippen molar-refractivity contribution in [3.8, 4) is 5.75 Å². The number of phenols is 1. The van der Waals surface area contributed by atoms with Gasteiger partial charge in [0.25, 0.3) is 5.91 Å². The maximum absolute atomic E-state index is 12.2. The predicted octanol–water partition coefficient (Wildman–Crippen LogP) is 2.83. The molecule has 0 radical (unpaired) electrons. The Kier molecular flexibility index (Phi) is 3.62. The Bertz CT molecular complexity index is 572. The van der Waals surface area contributed by atoms with Crippen LogP contribution in [0.1, 0.15) is 10.4 Å². The molecule has 1 heterocycles. The van der Waals surface area contributed by atoms with Gasteiger partial charge in [-0.3, -0.25) is 9.78 Å². The second-order valence-corrected chi connectivity index (χ2v) is 4.65. The summed E-state index contributed by atoms with van der Waals surface area (Å²) in [4.78, 5) is 17.6. The number of carbonyl (C=O) groups excluding carboxylic acids is 1. The van der Waals surface area contributed by atoms with Gasteiger partial charge < -0.3 is 10.0 Å². The van der Waals surface area contributed by atoms with Gasteiger partial charge in [0.1, 0.15) is 5.75 Å². The minimum atomic E-state index is -0.272. The van der Waals surface area contributed by atoms with E-state index in [-0.39, 0.29) is 17.2 Å². The maximum atomic E-state index is 12.2. The van der Waals surface area contributed by atoms with Gasteiger partial charge in [0.15, 0.2) is 0 Å². The quantitative estimate of drug-likeness (QED) is 0.928. The summed E-state index contributed by atoms with van der Waals surface area (Å²) in [6.07, 6.45) is 3.22. The Morgan fingerprint density at radius 2 is 1.94 bits per heavy atom. The average Bonchev–Trinajstić information content (AvgIpc) is 2.38. The molecule has 2 rings (SSSR count). The second-order valence-electron chi connectivity index (χ2n) is 3.73. The molecule has 0 fully saturated rings. The highest BCUT2D eigenvalue weighted by molar-refractivity contribution is 9.10. The lowest BCUT2D eigenvalue weighted by molar-refractivity contribution is 0.0990. The number of nitrogens with zero attached hydrogens (tertiary/aromatic N) is 2. The number of halogens is 1. The number of hydrogen-bond acceptors (Lipinski definition) is 3. The fourth-order valence-corrected chi connectivity index (χ4v) is 1.90. The monoisotopic (exact) mass is 306 g/mol. The predicted molar refractivity (Wildman–Crippen MR) is 72.8 cm³/mol. The Morgan fingerprint density at radius 1 is 1.28 bits per heavy atom. The second kappa shape index (κ2) is 5.18. The van der Waals surface area contributed by atoms with Crippen molar-refractivity contribution in [2.24, 2.45) is 0 Å². The van der Waals surface area contributed by atoms with E-state index in [0.717, 1.165) is 10.2 Å². The Labute approximate surface area is 113 Å². The molecule has 0 bridgehead atoms. The summed E-state index contributed by atoms with van der Waals surface area (Å²) in [6, 6.07) is 8.25. The Morgan fingerprint density at radius 3 is 2.56 bits per heavy atom. The number of phenolic OH excluding ortho intramolecular Hbond substituents is 1.